The summed E-state index contributed by atoms with van der Waals surface area (Å²) in [6, 6.07) is 0.446. The summed E-state index contributed by atoms with van der Waals surface area (Å²) in [6.07, 6.45) is 1.10. The molecular weight excluding hydrogens is 216 g/mol. The van der Waals surface area contributed by atoms with E-state index in [2.05, 4.69) is 36.2 Å². The quantitative estimate of drug-likeness (QED) is 0.725. The van der Waals surface area contributed by atoms with Gasteiger partial charge in [0.2, 0.25) is 0 Å². The third-order valence-electron chi connectivity index (χ3n) is 2.41. The molecule has 0 bridgehead atoms. The second-order valence-corrected chi connectivity index (χ2v) is 4.46. The second-order valence-electron chi connectivity index (χ2n) is 3.31. The molecule has 1 aromatic heterocycles. The largest absolute Gasteiger partial charge is 0.297 e. The minimum atomic E-state index is 0.446. The van der Waals surface area contributed by atoms with Gasteiger partial charge >= 0.3 is 0 Å². The van der Waals surface area contributed by atoms with Crippen molar-refractivity contribution in [1.82, 2.24) is 9.88 Å². The summed E-state index contributed by atoms with van der Waals surface area (Å²) in [5, 5.41) is 3.24. The van der Waals surface area contributed by atoms with E-state index in [9.17, 15) is 0 Å². The van der Waals surface area contributed by atoms with Crippen molar-refractivity contribution in [1.29, 1.82) is 0 Å². The molecule has 0 radical (unpaired) electrons. The van der Waals surface area contributed by atoms with Crippen LogP contribution in [0, 0.1) is 0 Å². The van der Waals surface area contributed by atoms with Crippen LogP contribution in [0.4, 0.5) is 0 Å². The van der Waals surface area contributed by atoms with Crippen LogP contribution in [0.5, 0.6) is 0 Å². The maximum atomic E-state index is 5.73. The van der Waals surface area contributed by atoms with Crippen molar-refractivity contribution in [3.8, 4) is 0 Å². The van der Waals surface area contributed by atoms with E-state index < -0.39 is 0 Å². The third-order valence-corrected chi connectivity index (χ3v) is 3.68. The van der Waals surface area contributed by atoms with E-state index in [1.54, 1.807) is 11.3 Å². The van der Waals surface area contributed by atoms with Crippen molar-refractivity contribution in [2.75, 3.05) is 13.6 Å². The molecule has 0 aliphatic carbocycles. The molecule has 0 saturated carbocycles. The lowest BCUT2D eigenvalue weighted by Crippen LogP contribution is -2.23. The Kier molecular flexibility index (Phi) is 4.85. The van der Waals surface area contributed by atoms with Crippen molar-refractivity contribution in [2.24, 2.45) is 0 Å². The van der Waals surface area contributed by atoms with E-state index in [4.69, 9.17) is 11.6 Å². The Balaban J connectivity index is 2.78. The maximum Gasteiger partial charge on any atom is 0.110 e. The molecule has 0 aliphatic heterocycles. The van der Waals surface area contributed by atoms with Crippen LogP contribution in [0.3, 0.4) is 0 Å². The number of nitrogens with zero attached hydrogens (tertiary/aromatic N) is 2. The molecule has 4 heteroatoms. The van der Waals surface area contributed by atoms with Crippen LogP contribution in [-0.2, 0) is 5.88 Å². The van der Waals surface area contributed by atoms with Gasteiger partial charge in [-0.15, -0.1) is 22.9 Å². The Hall–Kier alpha value is -0.120. The highest BCUT2D eigenvalue weighted by atomic mass is 35.5. The molecule has 0 amide bonds. The lowest BCUT2D eigenvalue weighted by Gasteiger charge is -2.23. The van der Waals surface area contributed by atoms with Gasteiger partial charge in [0.25, 0.3) is 0 Å². The second kappa shape index (κ2) is 5.69. The predicted octanol–water partition coefficient (Wildman–Crippen LogP) is 3.28. The highest BCUT2D eigenvalue weighted by Gasteiger charge is 2.16. The molecule has 80 valence electrons. The minimum absolute atomic E-state index is 0.446. The van der Waals surface area contributed by atoms with E-state index in [1.165, 1.54) is 5.01 Å². The van der Waals surface area contributed by atoms with Crippen LogP contribution in [0.2, 0.25) is 0 Å². The molecule has 0 spiro atoms. The molecule has 1 unspecified atom stereocenters. The van der Waals surface area contributed by atoms with Gasteiger partial charge in [-0.3, -0.25) is 4.90 Å². The van der Waals surface area contributed by atoms with Crippen LogP contribution in [0.1, 0.15) is 37.0 Å². The first-order valence-electron chi connectivity index (χ1n) is 4.93. The number of alkyl halides is 1. The molecule has 14 heavy (non-hydrogen) atoms. The molecule has 0 N–H and O–H groups in total. The molecule has 1 atom stereocenters. The Bertz CT molecular complexity index is 275. The normalized spacial score (nSPS) is 13.5. The summed E-state index contributed by atoms with van der Waals surface area (Å²) >= 11 is 7.45. The lowest BCUT2D eigenvalue weighted by molar-refractivity contribution is 0.250. The van der Waals surface area contributed by atoms with E-state index in [1.807, 2.05) is 0 Å². The summed E-state index contributed by atoms with van der Waals surface area (Å²) in [4.78, 5) is 6.83. The monoisotopic (exact) mass is 232 g/mol. The fourth-order valence-corrected chi connectivity index (χ4v) is 2.73. The van der Waals surface area contributed by atoms with Gasteiger partial charge in [0.15, 0.2) is 0 Å². The highest BCUT2D eigenvalue weighted by Crippen LogP contribution is 2.26. The molecule has 1 rings (SSSR count). The van der Waals surface area contributed by atoms with Crippen LogP contribution >= 0.6 is 22.9 Å². The van der Waals surface area contributed by atoms with E-state index >= 15 is 0 Å². The number of hydrogen-bond acceptors (Lipinski definition) is 3. The zero-order valence-corrected chi connectivity index (χ0v) is 10.5. The zero-order valence-electron chi connectivity index (χ0n) is 8.96. The SMILES string of the molecule is CCC(c1nc(CCl)cs1)N(C)CC. The maximum absolute atomic E-state index is 5.73. The first-order valence-corrected chi connectivity index (χ1v) is 6.34. The highest BCUT2D eigenvalue weighted by molar-refractivity contribution is 7.09. The van der Waals surface area contributed by atoms with Crippen LogP contribution < -0.4 is 0 Å². The van der Waals surface area contributed by atoms with E-state index in [0.29, 0.717) is 11.9 Å². The average Bonchev–Trinajstić information content (AvgIpc) is 2.67. The van der Waals surface area contributed by atoms with Gasteiger partial charge in [0, 0.05) is 5.38 Å². The molecule has 0 fully saturated rings. The van der Waals surface area contributed by atoms with E-state index in [0.717, 1.165) is 18.7 Å². The van der Waals surface area contributed by atoms with Crippen molar-refractivity contribution in [3.05, 3.63) is 16.1 Å². The number of thiazole rings is 1. The molecule has 1 aromatic rings. The molecule has 0 saturated heterocycles. The van der Waals surface area contributed by atoms with E-state index in [-0.39, 0.29) is 0 Å². The molecule has 0 aliphatic rings. The lowest BCUT2D eigenvalue weighted by atomic mass is 10.2. The van der Waals surface area contributed by atoms with Crippen molar-refractivity contribution < 1.29 is 0 Å². The number of halogens is 1. The van der Waals surface area contributed by atoms with Crippen LogP contribution in [0.15, 0.2) is 5.38 Å². The number of aromatic nitrogens is 1. The predicted molar refractivity (Wildman–Crippen MR) is 63.0 cm³/mol. The Labute approximate surface area is 94.9 Å². The fourth-order valence-electron chi connectivity index (χ4n) is 1.43. The van der Waals surface area contributed by atoms with Crippen LogP contribution in [0.25, 0.3) is 0 Å². The minimum Gasteiger partial charge on any atom is -0.297 e. The van der Waals surface area contributed by atoms with Gasteiger partial charge in [-0.05, 0) is 20.0 Å². The zero-order chi connectivity index (χ0) is 10.6. The Morgan fingerprint density at radius 2 is 2.29 bits per heavy atom. The first kappa shape index (κ1) is 12.0. The number of rotatable bonds is 5. The van der Waals surface area contributed by atoms with Crippen molar-refractivity contribution in [2.45, 2.75) is 32.2 Å². The first-order chi connectivity index (χ1) is 6.72. The molecule has 2 nitrogen and oxygen atoms in total. The number of hydrogen-bond donors (Lipinski definition) is 0. The Morgan fingerprint density at radius 3 is 2.71 bits per heavy atom. The van der Waals surface area contributed by atoms with Gasteiger partial charge in [0.1, 0.15) is 5.01 Å². The van der Waals surface area contributed by atoms with Crippen molar-refractivity contribution >= 4 is 22.9 Å². The average molecular weight is 233 g/mol. The van der Waals surface area contributed by atoms with Gasteiger partial charge in [-0.25, -0.2) is 4.98 Å². The molecule has 1 heterocycles. The molecular formula is C10H17ClN2S. The van der Waals surface area contributed by atoms with Gasteiger partial charge in [0.05, 0.1) is 17.6 Å². The van der Waals surface area contributed by atoms with Gasteiger partial charge in [-0.2, -0.15) is 0 Å². The third kappa shape index (κ3) is 2.69. The smallest absolute Gasteiger partial charge is 0.110 e. The standard InChI is InChI=1S/C10H17ClN2S/c1-4-9(13(3)5-2)10-12-8(6-11)7-14-10/h7,9H,4-6H2,1-3H3. The van der Waals surface area contributed by atoms with Crippen molar-refractivity contribution in [3.63, 3.8) is 0 Å². The topological polar surface area (TPSA) is 16.1 Å². The van der Waals surface area contributed by atoms with Crippen LogP contribution in [-0.4, -0.2) is 23.5 Å². The van der Waals surface area contributed by atoms with Gasteiger partial charge < -0.3 is 0 Å². The summed E-state index contributed by atoms with van der Waals surface area (Å²) in [5.41, 5.74) is 0.995. The fraction of sp³-hybridized carbons (Fsp3) is 0.700. The summed E-state index contributed by atoms with van der Waals surface area (Å²) in [7, 11) is 2.13. The summed E-state index contributed by atoms with van der Waals surface area (Å²) in [5.74, 6) is 0.517. The van der Waals surface area contributed by atoms with Gasteiger partial charge in [-0.1, -0.05) is 13.8 Å². The summed E-state index contributed by atoms with van der Waals surface area (Å²) < 4.78 is 0. The summed E-state index contributed by atoms with van der Waals surface area (Å²) in [6.45, 7) is 5.41. The Morgan fingerprint density at radius 1 is 1.57 bits per heavy atom. The molecule has 0 aromatic carbocycles.